The highest BCUT2D eigenvalue weighted by atomic mass is 79.9. The minimum atomic E-state index is 0.691. The van der Waals surface area contributed by atoms with Gasteiger partial charge in [-0.1, -0.05) is 22.9 Å². The Labute approximate surface area is 117 Å². The van der Waals surface area contributed by atoms with Crippen LogP contribution in [0.5, 0.6) is 5.75 Å². The maximum Gasteiger partial charge on any atom is 0.127 e. The summed E-state index contributed by atoms with van der Waals surface area (Å²) in [5.41, 5.74) is 2.65. The lowest BCUT2D eigenvalue weighted by molar-refractivity contribution is 0.351. The van der Waals surface area contributed by atoms with Gasteiger partial charge in [-0.3, -0.25) is 0 Å². The van der Waals surface area contributed by atoms with Gasteiger partial charge in [-0.2, -0.15) is 0 Å². The number of nitrogens with one attached hydrogen (secondary N) is 1. The molecule has 0 aromatic heterocycles. The van der Waals surface area contributed by atoms with Gasteiger partial charge in [-0.25, -0.2) is 0 Å². The molecule has 1 aliphatic heterocycles. The highest BCUT2D eigenvalue weighted by molar-refractivity contribution is 9.10. The third-order valence-electron chi connectivity index (χ3n) is 4.10. The Balaban J connectivity index is 1.69. The lowest BCUT2D eigenvalue weighted by Gasteiger charge is -2.14. The van der Waals surface area contributed by atoms with Gasteiger partial charge in [0.15, 0.2) is 0 Å². The lowest BCUT2D eigenvalue weighted by atomic mass is 10.1. The molecule has 0 amide bonds. The first-order valence-electron chi connectivity index (χ1n) is 6.90. The first-order valence-corrected chi connectivity index (χ1v) is 7.69. The zero-order valence-electron chi connectivity index (χ0n) is 10.8. The van der Waals surface area contributed by atoms with E-state index in [0.29, 0.717) is 6.04 Å². The van der Waals surface area contributed by atoms with E-state index < -0.39 is 0 Å². The van der Waals surface area contributed by atoms with Crippen molar-refractivity contribution >= 4 is 15.9 Å². The van der Waals surface area contributed by atoms with Crippen LogP contribution in [-0.4, -0.2) is 12.6 Å². The van der Waals surface area contributed by atoms with Crippen LogP contribution in [0.15, 0.2) is 16.6 Å². The van der Waals surface area contributed by atoms with E-state index in [-0.39, 0.29) is 0 Å². The van der Waals surface area contributed by atoms with E-state index in [1.807, 2.05) is 0 Å². The fraction of sp³-hybridized carbons (Fsp3) is 0.600. The van der Waals surface area contributed by atoms with E-state index in [0.717, 1.165) is 31.2 Å². The smallest absolute Gasteiger partial charge is 0.127 e. The molecule has 1 saturated carbocycles. The predicted molar refractivity (Wildman–Crippen MR) is 77.0 cm³/mol. The molecule has 0 spiro atoms. The van der Waals surface area contributed by atoms with Crippen molar-refractivity contribution in [2.75, 3.05) is 6.61 Å². The van der Waals surface area contributed by atoms with E-state index in [1.165, 1.54) is 34.9 Å². The van der Waals surface area contributed by atoms with E-state index >= 15 is 0 Å². The van der Waals surface area contributed by atoms with Crippen molar-refractivity contribution in [3.05, 3.63) is 27.7 Å². The molecule has 2 atom stereocenters. The molecule has 98 valence electrons. The second-order valence-electron chi connectivity index (χ2n) is 5.65. The largest absolute Gasteiger partial charge is 0.493 e. The normalized spacial score (nSPS) is 26.1. The number of hydrogen-bond donors (Lipinski definition) is 1. The molecule has 1 fully saturated rings. The van der Waals surface area contributed by atoms with Crippen LogP contribution >= 0.6 is 15.9 Å². The van der Waals surface area contributed by atoms with E-state index in [1.54, 1.807) is 0 Å². The van der Waals surface area contributed by atoms with Crippen LogP contribution in [0.3, 0.4) is 0 Å². The van der Waals surface area contributed by atoms with Gasteiger partial charge in [0, 0.05) is 29.0 Å². The summed E-state index contributed by atoms with van der Waals surface area (Å²) in [6.45, 7) is 4.11. The summed E-state index contributed by atoms with van der Waals surface area (Å²) in [6, 6.07) is 5.06. The molecule has 0 saturated heterocycles. The molecule has 1 aromatic rings. The third kappa shape index (κ3) is 2.57. The Morgan fingerprint density at radius 1 is 1.39 bits per heavy atom. The Kier molecular flexibility index (Phi) is 3.62. The van der Waals surface area contributed by atoms with Gasteiger partial charge in [-0.15, -0.1) is 0 Å². The van der Waals surface area contributed by atoms with Crippen LogP contribution in [-0.2, 0) is 13.0 Å². The van der Waals surface area contributed by atoms with Gasteiger partial charge < -0.3 is 10.1 Å². The van der Waals surface area contributed by atoms with Gasteiger partial charge >= 0.3 is 0 Å². The number of halogens is 1. The van der Waals surface area contributed by atoms with Gasteiger partial charge in [0.1, 0.15) is 5.75 Å². The molecular formula is C15H20BrNO. The summed E-state index contributed by atoms with van der Waals surface area (Å²) in [7, 11) is 0. The van der Waals surface area contributed by atoms with Crippen molar-refractivity contribution in [3.63, 3.8) is 0 Å². The molecule has 2 unspecified atom stereocenters. The van der Waals surface area contributed by atoms with Crippen LogP contribution < -0.4 is 10.1 Å². The van der Waals surface area contributed by atoms with Crippen LogP contribution in [0.4, 0.5) is 0 Å². The van der Waals surface area contributed by atoms with Crippen molar-refractivity contribution < 1.29 is 4.74 Å². The van der Waals surface area contributed by atoms with E-state index in [9.17, 15) is 0 Å². The highest BCUT2D eigenvalue weighted by Gasteiger charge is 2.22. The molecule has 1 N–H and O–H groups in total. The molecule has 0 bridgehead atoms. The van der Waals surface area contributed by atoms with Crippen molar-refractivity contribution in [1.29, 1.82) is 0 Å². The van der Waals surface area contributed by atoms with Crippen molar-refractivity contribution in [2.45, 2.75) is 45.2 Å². The minimum Gasteiger partial charge on any atom is -0.493 e. The fourth-order valence-corrected chi connectivity index (χ4v) is 3.68. The topological polar surface area (TPSA) is 21.3 Å². The molecule has 0 radical (unpaired) electrons. The van der Waals surface area contributed by atoms with Gasteiger partial charge in [0.05, 0.1) is 6.61 Å². The Bertz CT molecular complexity index is 446. The average molecular weight is 310 g/mol. The first-order chi connectivity index (χ1) is 8.72. The fourth-order valence-electron chi connectivity index (χ4n) is 3.12. The maximum atomic E-state index is 5.76. The molecule has 1 aromatic carbocycles. The first kappa shape index (κ1) is 12.5. The second kappa shape index (κ2) is 5.22. The van der Waals surface area contributed by atoms with Crippen molar-refractivity contribution in [1.82, 2.24) is 5.32 Å². The van der Waals surface area contributed by atoms with Crippen LogP contribution in [0.25, 0.3) is 0 Å². The van der Waals surface area contributed by atoms with Crippen molar-refractivity contribution in [3.8, 4) is 5.75 Å². The summed E-state index contributed by atoms with van der Waals surface area (Å²) >= 11 is 3.60. The SMILES string of the molecule is CC1CCC(NCc2cc(Br)cc3c2OCC3)C1. The van der Waals surface area contributed by atoms with E-state index in [2.05, 4.69) is 40.3 Å². The monoisotopic (exact) mass is 309 g/mol. The number of hydrogen-bond acceptors (Lipinski definition) is 2. The molecule has 3 rings (SSSR count). The molecular weight excluding hydrogens is 290 g/mol. The third-order valence-corrected chi connectivity index (χ3v) is 4.56. The Morgan fingerprint density at radius 3 is 3.06 bits per heavy atom. The molecule has 18 heavy (non-hydrogen) atoms. The highest BCUT2D eigenvalue weighted by Crippen LogP contribution is 2.33. The standard InChI is InChI=1S/C15H20BrNO/c1-10-2-3-14(6-10)17-9-12-8-13(16)7-11-4-5-18-15(11)12/h7-8,10,14,17H,2-6,9H2,1H3. The Hall–Kier alpha value is -0.540. The molecule has 2 nitrogen and oxygen atoms in total. The van der Waals surface area contributed by atoms with Crippen LogP contribution in [0, 0.1) is 5.92 Å². The zero-order chi connectivity index (χ0) is 12.5. The zero-order valence-corrected chi connectivity index (χ0v) is 12.4. The molecule has 1 aliphatic carbocycles. The summed E-state index contributed by atoms with van der Waals surface area (Å²) in [6.07, 6.45) is 5.04. The molecule has 2 aliphatic rings. The summed E-state index contributed by atoms with van der Waals surface area (Å²) in [5.74, 6) is 2.00. The predicted octanol–water partition coefficient (Wildman–Crippen LogP) is 3.66. The Morgan fingerprint density at radius 2 is 2.28 bits per heavy atom. The lowest BCUT2D eigenvalue weighted by Crippen LogP contribution is -2.26. The maximum absolute atomic E-state index is 5.76. The number of fused-ring (bicyclic) bond motifs is 1. The van der Waals surface area contributed by atoms with E-state index in [4.69, 9.17) is 4.74 Å². The number of benzene rings is 1. The number of ether oxygens (including phenoxy) is 1. The second-order valence-corrected chi connectivity index (χ2v) is 6.56. The quantitative estimate of drug-likeness (QED) is 0.920. The number of rotatable bonds is 3. The van der Waals surface area contributed by atoms with Crippen LogP contribution in [0.1, 0.15) is 37.3 Å². The minimum absolute atomic E-state index is 0.691. The molecule has 1 heterocycles. The summed E-state index contributed by atoms with van der Waals surface area (Å²) < 4.78 is 6.93. The van der Waals surface area contributed by atoms with Gasteiger partial charge in [0.25, 0.3) is 0 Å². The average Bonchev–Trinajstić information content (AvgIpc) is 2.94. The summed E-state index contributed by atoms with van der Waals surface area (Å²) in [5, 5.41) is 3.68. The van der Waals surface area contributed by atoms with Gasteiger partial charge in [-0.05, 0) is 42.9 Å². The summed E-state index contributed by atoms with van der Waals surface area (Å²) in [4.78, 5) is 0. The van der Waals surface area contributed by atoms with Gasteiger partial charge in [0.2, 0.25) is 0 Å². The molecule has 3 heteroatoms. The van der Waals surface area contributed by atoms with Crippen molar-refractivity contribution in [2.24, 2.45) is 5.92 Å². The van der Waals surface area contributed by atoms with Crippen LogP contribution in [0.2, 0.25) is 0 Å².